The van der Waals surface area contributed by atoms with E-state index in [4.69, 9.17) is 0 Å². The molecule has 0 spiro atoms. The Morgan fingerprint density at radius 3 is 3.00 bits per heavy atom. The van der Waals surface area contributed by atoms with Gasteiger partial charge in [-0.25, -0.2) is 9.18 Å². The van der Waals surface area contributed by atoms with Crippen molar-refractivity contribution in [1.29, 1.82) is 0 Å². The minimum atomic E-state index is -0.477. The van der Waals surface area contributed by atoms with Gasteiger partial charge in [-0.3, -0.25) is 0 Å². The third-order valence-electron chi connectivity index (χ3n) is 1.59. The Kier molecular flexibility index (Phi) is 4.30. The van der Waals surface area contributed by atoms with Crippen molar-refractivity contribution in [3.63, 3.8) is 0 Å². The van der Waals surface area contributed by atoms with Gasteiger partial charge < -0.3 is 10.1 Å². The molecule has 1 aromatic rings. The number of nitrogens with one attached hydrogen (secondary N) is 1. The summed E-state index contributed by atoms with van der Waals surface area (Å²) in [5.74, 6) is -0.831. The number of halogens is 2. The normalized spacial score (nSPS) is 10.3. The first kappa shape index (κ1) is 11.7. The van der Waals surface area contributed by atoms with Crippen LogP contribution in [0.1, 0.15) is 0 Å². The largest absolute Gasteiger partial charge is 0.466 e. The summed E-state index contributed by atoms with van der Waals surface area (Å²) in [6, 6.07) is 4.22. The molecule has 0 aliphatic rings. The van der Waals surface area contributed by atoms with E-state index in [1.165, 1.54) is 31.5 Å². The van der Waals surface area contributed by atoms with Crippen LogP contribution >= 0.6 is 15.9 Å². The first-order valence-electron chi connectivity index (χ1n) is 4.09. The zero-order chi connectivity index (χ0) is 11.3. The maximum absolute atomic E-state index is 12.8. The summed E-state index contributed by atoms with van der Waals surface area (Å²) in [5, 5.41) is 2.75. The average molecular weight is 274 g/mol. The number of hydrogen-bond donors (Lipinski definition) is 1. The third kappa shape index (κ3) is 3.71. The minimum absolute atomic E-state index is 0.354. The average Bonchev–Trinajstić information content (AvgIpc) is 2.23. The zero-order valence-corrected chi connectivity index (χ0v) is 9.55. The van der Waals surface area contributed by atoms with Crippen LogP contribution < -0.4 is 5.32 Å². The van der Waals surface area contributed by atoms with Gasteiger partial charge in [-0.2, -0.15) is 0 Å². The molecule has 0 unspecified atom stereocenters. The van der Waals surface area contributed by atoms with Crippen molar-refractivity contribution in [2.24, 2.45) is 0 Å². The van der Waals surface area contributed by atoms with E-state index in [1.807, 2.05) is 0 Å². The van der Waals surface area contributed by atoms with E-state index in [2.05, 4.69) is 26.0 Å². The van der Waals surface area contributed by atoms with E-state index in [0.717, 1.165) is 0 Å². The fourth-order valence-corrected chi connectivity index (χ4v) is 1.24. The van der Waals surface area contributed by atoms with Crippen molar-refractivity contribution in [1.82, 2.24) is 0 Å². The molecule has 1 rings (SSSR count). The second-order valence-corrected chi connectivity index (χ2v) is 3.48. The summed E-state index contributed by atoms with van der Waals surface area (Å²) in [6.45, 7) is 0. The van der Waals surface area contributed by atoms with Gasteiger partial charge in [0, 0.05) is 16.7 Å². The van der Waals surface area contributed by atoms with Gasteiger partial charge in [-0.1, -0.05) is 0 Å². The first-order chi connectivity index (χ1) is 7.13. The smallest absolute Gasteiger partial charge is 0.331 e. The lowest BCUT2D eigenvalue weighted by atomic mass is 10.3. The predicted molar refractivity (Wildman–Crippen MR) is 58.9 cm³/mol. The van der Waals surface area contributed by atoms with Gasteiger partial charge >= 0.3 is 5.97 Å². The van der Waals surface area contributed by atoms with Crippen LogP contribution in [-0.2, 0) is 9.53 Å². The monoisotopic (exact) mass is 273 g/mol. The Hall–Kier alpha value is -1.36. The molecule has 0 fully saturated rings. The quantitative estimate of drug-likeness (QED) is 0.680. The molecule has 0 bridgehead atoms. The maximum Gasteiger partial charge on any atom is 0.331 e. The Morgan fingerprint density at radius 2 is 2.33 bits per heavy atom. The van der Waals surface area contributed by atoms with E-state index < -0.39 is 5.97 Å². The van der Waals surface area contributed by atoms with Crippen LogP contribution in [0.3, 0.4) is 0 Å². The lowest BCUT2D eigenvalue weighted by Crippen LogP contribution is -1.97. The molecule has 15 heavy (non-hydrogen) atoms. The highest BCUT2D eigenvalue weighted by Crippen LogP contribution is 2.22. The van der Waals surface area contributed by atoms with Crippen LogP contribution in [0.25, 0.3) is 0 Å². The second kappa shape index (κ2) is 5.50. The Morgan fingerprint density at radius 1 is 1.60 bits per heavy atom. The fraction of sp³-hybridized carbons (Fsp3) is 0.100. The van der Waals surface area contributed by atoms with Crippen LogP contribution in [0.15, 0.2) is 34.9 Å². The number of carbonyl (C=O) groups is 1. The lowest BCUT2D eigenvalue weighted by molar-refractivity contribution is -0.134. The first-order valence-corrected chi connectivity index (χ1v) is 4.89. The number of anilines is 1. The van der Waals surface area contributed by atoms with Crippen molar-refractivity contribution in [2.45, 2.75) is 0 Å². The van der Waals surface area contributed by atoms with Crippen LogP contribution in [0.5, 0.6) is 0 Å². The molecule has 0 saturated heterocycles. The molecular formula is C10H9BrFNO2. The van der Waals surface area contributed by atoms with Gasteiger partial charge in [0.1, 0.15) is 5.82 Å². The topological polar surface area (TPSA) is 38.3 Å². The Labute approximate surface area is 95.1 Å². The van der Waals surface area contributed by atoms with Gasteiger partial charge in [0.05, 0.1) is 12.8 Å². The summed E-state index contributed by atoms with van der Waals surface area (Å²) < 4.78 is 17.9. The molecule has 0 aliphatic heterocycles. The number of hydrogen-bond acceptors (Lipinski definition) is 3. The Balaban J connectivity index is 2.68. The van der Waals surface area contributed by atoms with Crippen molar-refractivity contribution >= 4 is 27.6 Å². The number of carbonyl (C=O) groups excluding carboxylic acids is 1. The molecule has 80 valence electrons. The van der Waals surface area contributed by atoms with E-state index >= 15 is 0 Å². The molecule has 0 radical (unpaired) electrons. The molecule has 3 nitrogen and oxygen atoms in total. The van der Waals surface area contributed by atoms with E-state index in [9.17, 15) is 9.18 Å². The summed E-state index contributed by atoms with van der Waals surface area (Å²) in [4.78, 5) is 10.7. The maximum atomic E-state index is 12.8. The Bertz CT molecular complexity index is 393. The molecule has 0 heterocycles. The van der Waals surface area contributed by atoms with Gasteiger partial charge in [0.2, 0.25) is 0 Å². The molecule has 0 amide bonds. The minimum Gasteiger partial charge on any atom is -0.466 e. The standard InChI is InChI=1S/C10H9BrFNO2/c1-15-10(14)4-5-13-9-6-7(12)2-3-8(9)11/h2-6,13H,1H3/b5-4+. The van der Waals surface area contributed by atoms with Gasteiger partial charge in [0.25, 0.3) is 0 Å². The number of esters is 1. The van der Waals surface area contributed by atoms with Gasteiger partial charge in [-0.15, -0.1) is 0 Å². The highest BCUT2D eigenvalue weighted by Gasteiger charge is 1.99. The van der Waals surface area contributed by atoms with Crippen LogP contribution in [0.4, 0.5) is 10.1 Å². The van der Waals surface area contributed by atoms with E-state index in [-0.39, 0.29) is 5.82 Å². The van der Waals surface area contributed by atoms with Crippen LogP contribution in [-0.4, -0.2) is 13.1 Å². The lowest BCUT2D eigenvalue weighted by Gasteiger charge is -2.03. The van der Waals surface area contributed by atoms with Crippen LogP contribution in [0, 0.1) is 5.82 Å². The molecular weight excluding hydrogens is 265 g/mol. The van der Waals surface area contributed by atoms with Crippen molar-refractivity contribution < 1.29 is 13.9 Å². The van der Waals surface area contributed by atoms with E-state index in [0.29, 0.717) is 10.2 Å². The van der Waals surface area contributed by atoms with Crippen molar-refractivity contribution in [2.75, 3.05) is 12.4 Å². The predicted octanol–water partition coefficient (Wildman–Crippen LogP) is 2.69. The summed E-state index contributed by atoms with van der Waals surface area (Å²) >= 11 is 3.24. The van der Waals surface area contributed by atoms with Crippen molar-refractivity contribution in [3.8, 4) is 0 Å². The number of methoxy groups -OCH3 is 1. The summed E-state index contributed by atoms with van der Waals surface area (Å²) in [6.07, 6.45) is 2.59. The highest BCUT2D eigenvalue weighted by atomic mass is 79.9. The third-order valence-corrected chi connectivity index (χ3v) is 2.28. The molecule has 1 aromatic carbocycles. The van der Waals surface area contributed by atoms with Gasteiger partial charge in [-0.05, 0) is 34.1 Å². The summed E-state index contributed by atoms with van der Waals surface area (Å²) in [7, 11) is 1.28. The zero-order valence-electron chi connectivity index (χ0n) is 7.96. The fourth-order valence-electron chi connectivity index (χ4n) is 0.876. The molecule has 5 heteroatoms. The molecule has 0 saturated carbocycles. The molecule has 0 aliphatic carbocycles. The highest BCUT2D eigenvalue weighted by molar-refractivity contribution is 9.10. The van der Waals surface area contributed by atoms with Crippen molar-refractivity contribution in [3.05, 3.63) is 40.8 Å². The number of rotatable bonds is 3. The van der Waals surface area contributed by atoms with Gasteiger partial charge in [0.15, 0.2) is 0 Å². The van der Waals surface area contributed by atoms with Crippen LogP contribution in [0.2, 0.25) is 0 Å². The molecule has 0 atom stereocenters. The molecule has 0 aromatic heterocycles. The van der Waals surface area contributed by atoms with E-state index in [1.54, 1.807) is 6.07 Å². The molecule has 1 N–H and O–H groups in total. The second-order valence-electron chi connectivity index (χ2n) is 2.62. The number of ether oxygens (including phenoxy) is 1. The summed E-state index contributed by atoms with van der Waals surface area (Å²) in [5.41, 5.74) is 0.537. The SMILES string of the molecule is COC(=O)/C=C/Nc1cc(F)ccc1Br. The number of benzene rings is 1.